The van der Waals surface area contributed by atoms with Crippen molar-refractivity contribution in [1.29, 1.82) is 0 Å². The number of ether oxygens (including phenoxy) is 1. The van der Waals surface area contributed by atoms with Crippen LogP contribution in [0.2, 0.25) is 0 Å². The van der Waals surface area contributed by atoms with Crippen molar-refractivity contribution in [3.05, 3.63) is 65.2 Å². The summed E-state index contributed by atoms with van der Waals surface area (Å²) < 4.78 is 4.68. The van der Waals surface area contributed by atoms with Gasteiger partial charge in [0.1, 0.15) is 12.1 Å². The fourth-order valence-corrected chi connectivity index (χ4v) is 3.84. The number of rotatable bonds is 7. The molecule has 0 bridgehead atoms. The Bertz CT molecular complexity index is 1040. The van der Waals surface area contributed by atoms with Crippen LogP contribution in [0.3, 0.4) is 0 Å². The van der Waals surface area contributed by atoms with Crippen molar-refractivity contribution < 1.29 is 23.9 Å². The Morgan fingerprint density at radius 3 is 2.55 bits per heavy atom. The lowest BCUT2D eigenvalue weighted by atomic mass is 10.0. The Hall–Kier alpha value is -3.72. The third-order valence-electron chi connectivity index (χ3n) is 5.67. The maximum Gasteiger partial charge on any atom is 0.407 e. The SMILES string of the molecule is COC(=O)N[C@@H](C(=O)N1CCC[C@H]1C(=O)Nc1cc(C(=O)CN)ccc1C)c1ccccc1. The van der Waals surface area contributed by atoms with E-state index < -0.39 is 24.1 Å². The number of Topliss-reactive ketones (excluding diaryl/α,β-unsaturated/α-hetero) is 1. The van der Waals surface area contributed by atoms with Crippen molar-refractivity contribution >= 4 is 29.4 Å². The monoisotopic (exact) mass is 452 g/mol. The molecule has 0 aliphatic carbocycles. The van der Waals surface area contributed by atoms with Crippen molar-refractivity contribution in [2.75, 3.05) is 25.5 Å². The van der Waals surface area contributed by atoms with Crippen molar-refractivity contribution in [2.45, 2.75) is 31.8 Å². The van der Waals surface area contributed by atoms with E-state index in [0.29, 0.717) is 36.2 Å². The zero-order valence-corrected chi connectivity index (χ0v) is 18.7. The number of hydrogen-bond donors (Lipinski definition) is 3. The Morgan fingerprint density at radius 2 is 1.88 bits per heavy atom. The standard InChI is InChI=1S/C24H28N4O5/c1-15-10-11-17(20(29)14-25)13-18(15)26-22(30)19-9-6-12-28(19)23(31)21(27-24(32)33-2)16-7-4-3-5-8-16/h3-5,7-8,10-11,13,19,21H,6,9,12,14,25H2,1-2H3,(H,26,30)(H,27,32)/t19-,21+/m0/s1. The minimum absolute atomic E-state index is 0.130. The zero-order valence-electron chi connectivity index (χ0n) is 18.7. The Labute approximate surface area is 192 Å². The van der Waals surface area contributed by atoms with Crippen LogP contribution in [0.4, 0.5) is 10.5 Å². The Kier molecular flexibility index (Phi) is 7.78. The molecule has 1 aliphatic rings. The molecule has 9 nitrogen and oxygen atoms in total. The van der Waals surface area contributed by atoms with Gasteiger partial charge in [0.05, 0.1) is 13.7 Å². The number of ketones is 1. The lowest BCUT2D eigenvalue weighted by molar-refractivity contribution is -0.138. The minimum Gasteiger partial charge on any atom is -0.453 e. The van der Waals surface area contributed by atoms with E-state index in [1.165, 1.54) is 12.0 Å². The summed E-state index contributed by atoms with van der Waals surface area (Å²) in [6, 6.07) is 12.1. The average Bonchev–Trinajstić information content (AvgIpc) is 3.33. The normalized spacial score (nSPS) is 16.1. The highest BCUT2D eigenvalue weighted by Crippen LogP contribution is 2.26. The van der Waals surface area contributed by atoms with Gasteiger partial charge in [-0.2, -0.15) is 0 Å². The number of carbonyl (C=O) groups is 4. The second kappa shape index (κ2) is 10.7. The van der Waals surface area contributed by atoms with E-state index >= 15 is 0 Å². The summed E-state index contributed by atoms with van der Waals surface area (Å²) in [5, 5.41) is 5.42. The molecule has 3 amide bonds. The number of benzene rings is 2. The number of nitrogens with two attached hydrogens (primary N) is 1. The lowest BCUT2D eigenvalue weighted by Gasteiger charge is -2.29. The van der Waals surface area contributed by atoms with Gasteiger partial charge < -0.3 is 26.0 Å². The number of anilines is 1. The third-order valence-corrected chi connectivity index (χ3v) is 5.67. The summed E-state index contributed by atoms with van der Waals surface area (Å²) in [7, 11) is 1.22. The number of methoxy groups -OCH3 is 1. The highest BCUT2D eigenvalue weighted by atomic mass is 16.5. The maximum absolute atomic E-state index is 13.4. The van der Waals surface area contributed by atoms with Crippen LogP contribution >= 0.6 is 0 Å². The molecule has 9 heteroatoms. The van der Waals surface area contributed by atoms with Crippen LogP contribution in [0.25, 0.3) is 0 Å². The van der Waals surface area contributed by atoms with Crippen LogP contribution in [-0.2, 0) is 14.3 Å². The third kappa shape index (κ3) is 5.56. The summed E-state index contributed by atoms with van der Waals surface area (Å²) >= 11 is 0. The van der Waals surface area contributed by atoms with Gasteiger partial charge in [0.25, 0.3) is 5.91 Å². The highest BCUT2D eigenvalue weighted by Gasteiger charge is 2.38. The Balaban J connectivity index is 1.81. The van der Waals surface area contributed by atoms with Crippen LogP contribution in [-0.4, -0.2) is 54.8 Å². The fraction of sp³-hybridized carbons (Fsp3) is 0.333. The summed E-state index contributed by atoms with van der Waals surface area (Å²) in [5.41, 5.74) is 7.71. The van der Waals surface area contributed by atoms with Crippen LogP contribution in [0.15, 0.2) is 48.5 Å². The number of nitrogens with zero attached hydrogens (tertiary/aromatic N) is 1. The van der Waals surface area contributed by atoms with Crippen LogP contribution < -0.4 is 16.4 Å². The second-order valence-corrected chi connectivity index (χ2v) is 7.82. The molecule has 1 heterocycles. The predicted molar refractivity (Wildman–Crippen MR) is 123 cm³/mol. The molecule has 3 rings (SSSR count). The molecule has 1 fully saturated rings. The summed E-state index contributed by atoms with van der Waals surface area (Å²) in [6.07, 6.45) is 0.390. The van der Waals surface area contributed by atoms with E-state index in [1.54, 1.807) is 48.5 Å². The first kappa shape index (κ1) is 23.9. The maximum atomic E-state index is 13.4. The summed E-state index contributed by atoms with van der Waals surface area (Å²) in [4.78, 5) is 51.9. The second-order valence-electron chi connectivity index (χ2n) is 7.82. The van der Waals surface area contributed by atoms with Gasteiger partial charge in [-0.1, -0.05) is 42.5 Å². The van der Waals surface area contributed by atoms with Crippen molar-refractivity contribution in [3.63, 3.8) is 0 Å². The molecule has 0 radical (unpaired) electrons. The smallest absolute Gasteiger partial charge is 0.407 e. The quantitative estimate of drug-likeness (QED) is 0.552. The first-order chi connectivity index (χ1) is 15.8. The molecule has 0 saturated carbocycles. The first-order valence-electron chi connectivity index (χ1n) is 10.7. The molecule has 2 aromatic carbocycles. The van der Waals surface area contributed by atoms with Gasteiger partial charge in [-0.15, -0.1) is 0 Å². The molecule has 0 aromatic heterocycles. The van der Waals surface area contributed by atoms with Crippen molar-refractivity contribution in [3.8, 4) is 0 Å². The van der Waals surface area contributed by atoms with Gasteiger partial charge in [0.15, 0.2) is 5.78 Å². The van der Waals surface area contributed by atoms with Crippen LogP contribution in [0.1, 0.15) is 40.4 Å². The molecule has 2 atom stereocenters. The lowest BCUT2D eigenvalue weighted by Crippen LogP contribution is -2.48. The largest absolute Gasteiger partial charge is 0.453 e. The van der Waals surface area contributed by atoms with E-state index in [-0.39, 0.29) is 18.2 Å². The average molecular weight is 453 g/mol. The number of likely N-dealkylation sites (tertiary alicyclic amines) is 1. The summed E-state index contributed by atoms with van der Waals surface area (Å²) in [5.74, 6) is -0.984. The molecular weight excluding hydrogens is 424 g/mol. The van der Waals surface area contributed by atoms with E-state index in [2.05, 4.69) is 15.4 Å². The molecule has 174 valence electrons. The summed E-state index contributed by atoms with van der Waals surface area (Å²) in [6.45, 7) is 2.07. The number of aryl methyl sites for hydroxylation is 1. The molecule has 1 aliphatic heterocycles. The molecule has 33 heavy (non-hydrogen) atoms. The number of nitrogens with one attached hydrogen (secondary N) is 2. The van der Waals surface area contributed by atoms with Crippen molar-refractivity contribution in [1.82, 2.24) is 10.2 Å². The molecule has 0 unspecified atom stereocenters. The van der Waals surface area contributed by atoms with E-state index in [4.69, 9.17) is 5.73 Å². The fourth-order valence-electron chi connectivity index (χ4n) is 3.84. The van der Waals surface area contributed by atoms with Gasteiger partial charge in [-0.3, -0.25) is 14.4 Å². The van der Waals surface area contributed by atoms with E-state index in [9.17, 15) is 19.2 Å². The van der Waals surface area contributed by atoms with Gasteiger partial charge in [-0.05, 0) is 37.0 Å². The first-order valence-corrected chi connectivity index (χ1v) is 10.7. The number of carbonyl (C=O) groups excluding carboxylic acids is 4. The zero-order chi connectivity index (χ0) is 24.0. The van der Waals surface area contributed by atoms with Gasteiger partial charge in [-0.25, -0.2) is 4.79 Å². The molecule has 4 N–H and O–H groups in total. The van der Waals surface area contributed by atoms with E-state index in [0.717, 1.165) is 5.56 Å². The predicted octanol–water partition coefficient (Wildman–Crippen LogP) is 2.16. The van der Waals surface area contributed by atoms with Crippen molar-refractivity contribution in [2.24, 2.45) is 5.73 Å². The van der Waals surface area contributed by atoms with Gasteiger partial charge >= 0.3 is 6.09 Å². The van der Waals surface area contributed by atoms with Gasteiger partial charge in [0.2, 0.25) is 5.91 Å². The number of alkyl carbamates (subject to hydrolysis) is 1. The molecule has 1 saturated heterocycles. The van der Waals surface area contributed by atoms with E-state index in [1.807, 2.05) is 6.92 Å². The highest BCUT2D eigenvalue weighted by molar-refractivity contribution is 6.02. The van der Waals surface area contributed by atoms with Crippen LogP contribution in [0.5, 0.6) is 0 Å². The Morgan fingerprint density at radius 1 is 1.15 bits per heavy atom. The molecular formula is C24H28N4O5. The van der Waals surface area contributed by atoms with Crippen LogP contribution in [0, 0.1) is 6.92 Å². The number of hydrogen-bond acceptors (Lipinski definition) is 6. The number of amides is 3. The topological polar surface area (TPSA) is 131 Å². The minimum atomic E-state index is -0.987. The molecule has 2 aromatic rings. The van der Waals surface area contributed by atoms with Gasteiger partial charge in [0, 0.05) is 17.8 Å². The molecule has 0 spiro atoms.